The Morgan fingerprint density at radius 3 is 2.65 bits per heavy atom. The number of pyridine rings is 1. The average Bonchev–Trinajstić information content (AvgIpc) is 3.18. The lowest BCUT2D eigenvalue weighted by Crippen LogP contribution is -2.24. The smallest absolute Gasteiger partial charge is 0.422 e. The highest BCUT2D eigenvalue weighted by Gasteiger charge is 2.29. The Balaban J connectivity index is 1.80. The fourth-order valence-corrected chi connectivity index (χ4v) is 2.93. The molecule has 0 aliphatic rings. The molecule has 1 aromatic carbocycles. The van der Waals surface area contributed by atoms with Gasteiger partial charge in [-0.3, -0.25) is 9.48 Å². The zero-order valence-corrected chi connectivity index (χ0v) is 17.4. The zero-order chi connectivity index (χ0) is 22.4. The van der Waals surface area contributed by atoms with Crippen molar-refractivity contribution in [1.82, 2.24) is 20.1 Å². The molecule has 0 aliphatic carbocycles. The Hall–Kier alpha value is -3.07. The maximum atomic E-state index is 12.6. The van der Waals surface area contributed by atoms with Gasteiger partial charge in [0.25, 0.3) is 5.91 Å². The lowest BCUT2D eigenvalue weighted by molar-refractivity contribution is -0.154. The van der Waals surface area contributed by atoms with Crippen molar-refractivity contribution >= 4 is 17.5 Å². The highest BCUT2D eigenvalue weighted by atomic mass is 35.5. The molecule has 0 radical (unpaired) electrons. The number of carbonyl (C=O) groups is 1. The van der Waals surface area contributed by atoms with Gasteiger partial charge in [-0.15, -0.1) is 0 Å². The van der Waals surface area contributed by atoms with Gasteiger partial charge in [-0.1, -0.05) is 30.7 Å². The standard InChI is InChI=1S/C21H20ClF3N4O2/c1-2-8-29-9-7-17(28-29)12-26-19(30)15-10-18(14-3-5-16(22)6-4-14)20(27-11-15)31-13-21(23,24)25/h3-7,9-11H,2,8,12-13H2,1H3,(H,26,30). The van der Waals surface area contributed by atoms with E-state index in [9.17, 15) is 18.0 Å². The summed E-state index contributed by atoms with van der Waals surface area (Å²) in [5, 5.41) is 7.55. The molecule has 0 atom stereocenters. The third-order valence-electron chi connectivity index (χ3n) is 4.22. The summed E-state index contributed by atoms with van der Waals surface area (Å²) < 4.78 is 44.5. The van der Waals surface area contributed by atoms with E-state index in [-0.39, 0.29) is 23.6 Å². The molecule has 6 nitrogen and oxygen atoms in total. The Morgan fingerprint density at radius 2 is 1.97 bits per heavy atom. The summed E-state index contributed by atoms with van der Waals surface area (Å²) >= 11 is 5.90. The molecule has 0 unspecified atom stereocenters. The van der Waals surface area contributed by atoms with Crippen molar-refractivity contribution < 1.29 is 22.7 Å². The van der Waals surface area contributed by atoms with Gasteiger partial charge in [0.15, 0.2) is 6.61 Å². The van der Waals surface area contributed by atoms with Crippen LogP contribution >= 0.6 is 11.6 Å². The molecule has 3 rings (SSSR count). The van der Waals surface area contributed by atoms with E-state index in [0.717, 1.165) is 13.0 Å². The van der Waals surface area contributed by atoms with E-state index >= 15 is 0 Å². The third kappa shape index (κ3) is 6.45. The number of aromatic nitrogens is 3. The van der Waals surface area contributed by atoms with Crippen LogP contribution in [0.3, 0.4) is 0 Å². The first-order chi connectivity index (χ1) is 14.7. The summed E-state index contributed by atoms with van der Waals surface area (Å²) in [5.41, 5.74) is 1.64. The molecule has 1 amide bonds. The summed E-state index contributed by atoms with van der Waals surface area (Å²) in [6, 6.07) is 9.64. The zero-order valence-electron chi connectivity index (χ0n) is 16.6. The number of rotatable bonds is 8. The number of ether oxygens (including phenoxy) is 1. The summed E-state index contributed by atoms with van der Waals surface area (Å²) in [6.07, 6.45) is -0.570. The fraction of sp³-hybridized carbons (Fsp3) is 0.286. The minimum absolute atomic E-state index is 0.178. The minimum Gasteiger partial charge on any atom is -0.468 e. The predicted octanol–water partition coefficient (Wildman–Crippen LogP) is 4.88. The van der Waals surface area contributed by atoms with Crippen LogP contribution in [-0.2, 0) is 13.1 Å². The number of aryl methyl sites for hydroxylation is 1. The maximum absolute atomic E-state index is 12.6. The second-order valence-corrected chi connectivity index (χ2v) is 7.18. The molecule has 3 aromatic rings. The normalized spacial score (nSPS) is 11.4. The van der Waals surface area contributed by atoms with Gasteiger partial charge < -0.3 is 10.1 Å². The molecular formula is C21H20ClF3N4O2. The number of halogens is 4. The molecule has 0 aliphatic heterocycles. The topological polar surface area (TPSA) is 69.0 Å². The van der Waals surface area contributed by atoms with Crippen molar-refractivity contribution in [3.05, 3.63) is 65.1 Å². The van der Waals surface area contributed by atoms with Crippen molar-refractivity contribution in [3.63, 3.8) is 0 Å². The van der Waals surface area contributed by atoms with Gasteiger partial charge in [0, 0.05) is 29.5 Å². The van der Waals surface area contributed by atoms with E-state index in [1.54, 1.807) is 35.0 Å². The lowest BCUT2D eigenvalue weighted by atomic mass is 10.0. The van der Waals surface area contributed by atoms with Gasteiger partial charge in [0.2, 0.25) is 5.88 Å². The molecule has 2 aromatic heterocycles. The van der Waals surface area contributed by atoms with Crippen molar-refractivity contribution in [2.75, 3.05) is 6.61 Å². The first kappa shape index (κ1) is 22.6. The predicted molar refractivity (Wildman–Crippen MR) is 110 cm³/mol. The van der Waals surface area contributed by atoms with Crippen LogP contribution in [0.4, 0.5) is 13.2 Å². The first-order valence-electron chi connectivity index (χ1n) is 9.51. The summed E-state index contributed by atoms with van der Waals surface area (Å²) in [5.74, 6) is -0.662. The summed E-state index contributed by atoms with van der Waals surface area (Å²) in [4.78, 5) is 16.5. The number of nitrogens with zero attached hydrogens (tertiary/aromatic N) is 3. The van der Waals surface area contributed by atoms with Crippen LogP contribution in [0, 0.1) is 0 Å². The largest absolute Gasteiger partial charge is 0.468 e. The SMILES string of the molecule is CCCn1ccc(CNC(=O)c2cnc(OCC(F)(F)F)c(-c3ccc(Cl)cc3)c2)n1. The number of hydrogen-bond donors (Lipinski definition) is 1. The number of alkyl halides is 3. The van der Waals surface area contributed by atoms with Crippen molar-refractivity contribution in [2.45, 2.75) is 32.6 Å². The van der Waals surface area contributed by atoms with Crippen LogP contribution in [0.5, 0.6) is 5.88 Å². The molecule has 31 heavy (non-hydrogen) atoms. The highest BCUT2D eigenvalue weighted by Crippen LogP contribution is 2.31. The van der Waals surface area contributed by atoms with E-state index in [0.29, 0.717) is 16.3 Å². The second kappa shape index (κ2) is 9.82. The molecule has 0 saturated carbocycles. The van der Waals surface area contributed by atoms with E-state index in [1.165, 1.54) is 12.3 Å². The average molecular weight is 453 g/mol. The van der Waals surface area contributed by atoms with Crippen LogP contribution in [0.15, 0.2) is 48.8 Å². The van der Waals surface area contributed by atoms with Gasteiger partial charge in [0.1, 0.15) is 0 Å². The summed E-state index contributed by atoms with van der Waals surface area (Å²) in [6.45, 7) is 1.53. The number of nitrogens with one attached hydrogen (secondary N) is 1. The van der Waals surface area contributed by atoms with Crippen LogP contribution in [0.1, 0.15) is 29.4 Å². The Morgan fingerprint density at radius 1 is 1.23 bits per heavy atom. The second-order valence-electron chi connectivity index (χ2n) is 6.74. The van der Waals surface area contributed by atoms with Gasteiger partial charge in [-0.05, 0) is 36.2 Å². The number of carbonyl (C=O) groups excluding carboxylic acids is 1. The Bertz CT molecular complexity index is 1040. The van der Waals surface area contributed by atoms with E-state index in [2.05, 4.69) is 15.4 Å². The molecule has 164 valence electrons. The van der Waals surface area contributed by atoms with Crippen molar-refractivity contribution in [3.8, 4) is 17.0 Å². The van der Waals surface area contributed by atoms with Crippen LogP contribution in [-0.4, -0.2) is 33.5 Å². The minimum atomic E-state index is -4.52. The number of amides is 1. The number of benzene rings is 1. The molecule has 0 saturated heterocycles. The molecule has 0 spiro atoms. The van der Waals surface area contributed by atoms with E-state index in [1.807, 2.05) is 13.1 Å². The van der Waals surface area contributed by atoms with E-state index in [4.69, 9.17) is 16.3 Å². The Kier molecular flexibility index (Phi) is 7.17. The van der Waals surface area contributed by atoms with E-state index < -0.39 is 18.7 Å². The van der Waals surface area contributed by atoms with Crippen LogP contribution in [0.2, 0.25) is 5.02 Å². The molecule has 1 N–H and O–H groups in total. The van der Waals surface area contributed by atoms with Crippen molar-refractivity contribution in [1.29, 1.82) is 0 Å². The molecule has 0 fully saturated rings. The first-order valence-corrected chi connectivity index (χ1v) is 9.89. The summed E-state index contributed by atoms with van der Waals surface area (Å²) in [7, 11) is 0. The van der Waals surface area contributed by atoms with Crippen LogP contribution in [0.25, 0.3) is 11.1 Å². The molecule has 0 bridgehead atoms. The van der Waals surface area contributed by atoms with Gasteiger partial charge >= 0.3 is 6.18 Å². The van der Waals surface area contributed by atoms with Crippen LogP contribution < -0.4 is 10.1 Å². The highest BCUT2D eigenvalue weighted by molar-refractivity contribution is 6.30. The monoisotopic (exact) mass is 452 g/mol. The van der Waals surface area contributed by atoms with Gasteiger partial charge in [-0.25, -0.2) is 4.98 Å². The maximum Gasteiger partial charge on any atom is 0.422 e. The lowest BCUT2D eigenvalue weighted by Gasteiger charge is -2.14. The Labute approximate surface area is 182 Å². The molecule has 10 heteroatoms. The third-order valence-corrected chi connectivity index (χ3v) is 4.47. The fourth-order valence-electron chi connectivity index (χ4n) is 2.80. The van der Waals surface area contributed by atoms with Gasteiger partial charge in [-0.2, -0.15) is 18.3 Å². The quantitative estimate of drug-likeness (QED) is 0.529. The molecular weight excluding hydrogens is 433 g/mol. The van der Waals surface area contributed by atoms with Gasteiger partial charge in [0.05, 0.1) is 17.8 Å². The number of hydrogen-bond acceptors (Lipinski definition) is 4. The molecule has 2 heterocycles. The van der Waals surface area contributed by atoms with Crippen molar-refractivity contribution in [2.24, 2.45) is 0 Å².